The number of nitrogens with zero attached hydrogens (tertiary/aromatic N) is 1. The Labute approximate surface area is 102 Å². The summed E-state index contributed by atoms with van der Waals surface area (Å²) in [4.78, 5) is 29.5. The first kappa shape index (κ1) is 11.5. The molecule has 0 bridgehead atoms. The van der Waals surface area contributed by atoms with Crippen molar-refractivity contribution in [2.45, 2.75) is 6.42 Å². The maximum atomic E-state index is 11.6. The summed E-state index contributed by atoms with van der Waals surface area (Å²) in [7, 11) is 0. The number of hydrogen-bond donors (Lipinski definition) is 2. The van der Waals surface area contributed by atoms with Crippen LogP contribution in [0.2, 0.25) is 0 Å². The number of nitrogens with one attached hydrogen (secondary N) is 2. The molecule has 2 heterocycles. The predicted octanol–water partition coefficient (Wildman–Crippen LogP) is 0.804. The summed E-state index contributed by atoms with van der Waals surface area (Å²) < 4.78 is 0. The molecular weight excluding hydrogens is 238 g/mol. The van der Waals surface area contributed by atoms with Gasteiger partial charge in [-0.1, -0.05) is 0 Å². The van der Waals surface area contributed by atoms with E-state index in [2.05, 4.69) is 15.3 Å². The third-order valence-electron chi connectivity index (χ3n) is 2.17. The van der Waals surface area contributed by atoms with Crippen LogP contribution in [0.3, 0.4) is 0 Å². The number of carbonyl (C=O) groups is 1. The maximum absolute atomic E-state index is 11.6. The molecule has 17 heavy (non-hydrogen) atoms. The van der Waals surface area contributed by atoms with Crippen molar-refractivity contribution in [1.82, 2.24) is 15.3 Å². The van der Waals surface area contributed by atoms with Crippen LogP contribution < -0.4 is 10.9 Å². The van der Waals surface area contributed by atoms with Gasteiger partial charge in [0.1, 0.15) is 5.56 Å². The minimum absolute atomic E-state index is 0.131. The second-order valence-electron chi connectivity index (χ2n) is 3.34. The van der Waals surface area contributed by atoms with Gasteiger partial charge in [-0.15, -0.1) is 11.3 Å². The van der Waals surface area contributed by atoms with Crippen LogP contribution in [0.15, 0.2) is 34.7 Å². The van der Waals surface area contributed by atoms with Crippen LogP contribution >= 0.6 is 11.3 Å². The molecule has 0 fully saturated rings. The fourth-order valence-electron chi connectivity index (χ4n) is 1.36. The van der Waals surface area contributed by atoms with Crippen LogP contribution in [0.5, 0.6) is 0 Å². The SMILES string of the molecule is O=C(NCCc1nccs1)c1ccc[nH]c1=O. The number of hydrogen-bond acceptors (Lipinski definition) is 4. The molecular formula is C11H11N3O2S. The van der Waals surface area contributed by atoms with Crippen molar-refractivity contribution in [3.05, 3.63) is 50.8 Å². The lowest BCUT2D eigenvalue weighted by molar-refractivity contribution is 0.0952. The van der Waals surface area contributed by atoms with Gasteiger partial charge in [0.15, 0.2) is 0 Å². The molecule has 2 N–H and O–H groups in total. The Morgan fingerprint density at radius 1 is 1.53 bits per heavy atom. The van der Waals surface area contributed by atoms with Crippen molar-refractivity contribution < 1.29 is 4.79 Å². The van der Waals surface area contributed by atoms with Gasteiger partial charge >= 0.3 is 0 Å². The van der Waals surface area contributed by atoms with Gasteiger partial charge in [-0.3, -0.25) is 9.59 Å². The van der Waals surface area contributed by atoms with E-state index in [-0.39, 0.29) is 17.0 Å². The van der Waals surface area contributed by atoms with Crippen LogP contribution in [-0.4, -0.2) is 22.4 Å². The van der Waals surface area contributed by atoms with Gasteiger partial charge in [0.05, 0.1) is 5.01 Å². The van der Waals surface area contributed by atoms with Crippen molar-refractivity contribution in [3.63, 3.8) is 0 Å². The quantitative estimate of drug-likeness (QED) is 0.841. The topological polar surface area (TPSA) is 74.8 Å². The number of thiazole rings is 1. The summed E-state index contributed by atoms with van der Waals surface area (Å²) in [6.45, 7) is 0.473. The Morgan fingerprint density at radius 3 is 3.12 bits per heavy atom. The normalized spacial score (nSPS) is 10.1. The zero-order valence-electron chi connectivity index (χ0n) is 8.97. The molecule has 2 aromatic heterocycles. The molecule has 5 nitrogen and oxygen atoms in total. The Balaban J connectivity index is 1.90. The van der Waals surface area contributed by atoms with Crippen LogP contribution in [0.1, 0.15) is 15.4 Å². The van der Waals surface area contributed by atoms with E-state index in [1.165, 1.54) is 12.3 Å². The van der Waals surface area contributed by atoms with E-state index in [9.17, 15) is 9.59 Å². The van der Waals surface area contributed by atoms with E-state index in [0.717, 1.165) is 5.01 Å². The molecule has 0 saturated carbocycles. The molecule has 1 amide bonds. The van der Waals surface area contributed by atoms with Crippen LogP contribution in [-0.2, 0) is 6.42 Å². The highest BCUT2D eigenvalue weighted by Crippen LogP contribution is 2.03. The molecule has 0 spiro atoms. The minimum Gasteiger partial charge on any atom is -0.351 e. The number of aromatic amines is 1. The number of carbonyl (C=O) groups excluding carboxylic acids is 1. The van der Waals surface area contributed by atoms with Crippen molar-refractivity contribution >= 4 is 17.2 Å². The molecule has 0 aliphatic carbocycles. The van der Waals surface area contributed by atoms with Gasteiger partial charge in [-0.05, 0) is 12.1 Å². The number of H-pyrrole nitrogens is 1. The molecule has 0 aliphatic heterocycles. The molecule has 0 atom stereocenters. The average molecular weight is 249 g/mol. The van der Waals surface area contributed by atoms with Gasteiger partial charge in [-0.2, -0.15) is 0 Å². The average Bonchev–Trinajstić information content (AvgIpc) is 2.82. The third kappa shape index (κ3) is 3.01. The summed E-state index contributed by atoms with van der Waals surface area (Å²) in [6, 6.07) is 3.12. The van der Waals surface area contributed by atoms with Crippen LogP contribution in [0.25, 0.3) is 0 Å². The Hall–Kier alpha value is -1.95. The van der Waals surface area contributed by atoms with Gasteiger partial charge in [0.25, 0.3) is 11.5 Å². The summed E-state index contributed by atoms with van der Waals surface area (Å²) in [6.07, 6.45) is 3.90. The van der Waals surface area contributed by atoms with E-state index in [1.807, 2.05) is 5.38 Å². The van der Waals surface area contributed by atoms with Crippen LogP contribution in [0, 0.1) is 0 Å². The molecule has 2 rings (SSSR count). The predicted molar refractivity (Wildman–Crippen MR) is 65.2 cm³/mol. The van der Waals surface area contributed by atoms with Gasteiger partial charge in [-0.25, -0.2) is 4.98 Å². The lowest BCUT2D eigenvalue weighted by Gasteiger charge is -2.02. The smallest absolute Gasteiger partial charge is 0.260 e. The maximum Gasteiger partial charge on any atom is 0.260 e. The summed E-state index contributed by atoms with van der Waals surface area (Å²) in [5.74, 6) is -0.358. The Morgan fingerprint density at radius 2 is 2.41 bits per heavy atom. The molecule has 2 aromatic rings. The molecule has 0 aromatic carbocycles. The highest BCUT2D eigenvalue weighted by Gasteiger charge is 2.08. The molecule has 0 saturated heterocycles. The molecule has 0 aliphatic rings. The lowest BCUT2D eigenvalue weighted by Crippen LogP contribution is -2.30. The third-order valence-corrected chi connectivity index (χ3v) is 3.01. The minimum atomic E-state index is -0.376. The first-order valence-corrected chi connectivity index (χ1v) is 5.99. The number of aromatic nitrogens is 2. The fraction of sp³-hybridized carbons (Fsp3) is 0.182. The van der Waals surface area contributed by atoms with Gasteiger partial charge in [0.2, 0.25) is 0 Å². The first-order chi connectivity index (χ1) is 8.27. The van der Waals surface area contributed by atoms with Crippen molar-refractivity contribution in [3.8, 4) is 0 Å². The number of rotatable bonds is 4. The zero-order valence-corrected chi connectivity index (χ0v) is 9.79. The molecule has 88 valence electrons. The van der Waals surface area contributed by atoms with Crippen molar-refractivity contribution in [2.24, 2.45) is 0 Å². The largest absolute Gasteiger partial charge is 0.351 e. The van der Waals surface area contributed by atoms with E-state index in [4.69, 9.17) is 0 Å². The van der Waals surface area contributed by atoms with Crippen LogP contribution in [0.4, 0.5) is 0 Å². The zero-order chi connectivity index (χ0) is 12.1. The van der Waals surface area contributed by atoms with Crippen molar-refractivity contribution in [1.29, 1.82) is 0 Å². The van der Waals surface area contributed by atoms with E-state index in [1.54, 1.807) is 23.6 Å². The standard InChI is InChI=1S/C11H11N3O2S/c15-10-8(2-1-4-13-10)11(16)14-5-3-9-12-6-7-17-9/h1-2,4,6-7H,3,5H2,(H,13,15)(H,14,16). The number of pyridine rings is 1. The molecule has 0 unspecified atom stereocenters. The van der Waals surface area contributed by atoms with Gasteiger partial charge < -0.3 is 10.3 Å². The second-order valence-corrected chi connectivity index (χ2v) is 4.32. The Bertz CT molecular complexity index is 548. The van der Waals surface area contributed by atoms with E-state index < -0.39 is 0 Å². The first-order valence-electron chi connectivity index (χ1n) is 5.11. The fourth-order valence-corrected chi connectivity index (χ4v) is 1.98. The Kier molecular flexibility index (Phi) is 3.66. The lowest BCUT2D eigenvalue weighted by atomic mass is 10.2. The molecule has 6 heteroatoms. The molecule has 0 radical (unpaired) electrons. The second kappa shape index (κ2) is 5.40. The highest BCUT2D eigenvalue weighted by molar-refractivity contribution is 7.09. The summed E-state index contributed by atoms with van der Waals surface area (Å²) in [5.41, 5.74) is -0.245. The van der Waals surface area contributed by atoms with E-state index in [0.29, 0.717) is 13.0 Å². The highest BCUT2D eigenvalue weighted by atomic mass is 32.1. The van der Waals surface area contributed by atoms with Gasteiger partial charge in [0, 0.05) is 30.7 Å². The summed E-state index contributed by atoms with van der Waals surface area (Å²) in [5, 5.41) is 5.54. The van der Waals surface area contributed by atoms with Crippen molar-refractivity contribution in [2.75, 3.05) is 6.54 Å². The summed E-state index contributed by atoms with van der Waals surface area (Å²) >= 11 is 1.54. The van der Waals surface area contributed by atoms with E-state index >= 15 is 0 Å². The number of amides is 1. The monoisotopic (exact) mass is 249 g/mol.